The molecule has 7 heteroatoms. The van der Waals surface area contributed by atoms with Gasteiger partial charge >= 0.3 is 11.7 Å². The smallest absolute Gasteiger partial charge is 0.359 e. The molecular formula is C24H18F2N3O2+. The number of hydrogen-bond donors (Lipinski definition) is 1. The van der Waals surface area contributed by atoms with E-state index in [2.05, 4.69) is 10.3 Å². The molecule has 1 N–H and O–H groups in total. The second-order valence-electron chi connectivity index (χ2n) is 7.39. The quantitative estimate of drug-likeness (QED) is 0.494. The summed E-state index contributed by atoms with van der Waals surface area (Å²) >= 11 is 0. The summed E-state index contributed by atoms with van der Waals surface area (Å²) in [5, 5.41) is 3.22. The Morgan fingerprint density at radius 2 is 1.94 bits per heavy atom. The van der Waals surface area contributed by atoms with Crippen LogP contribution < -0.4 is 9.88 Å². The molecule has 1 unspecified atom stereocenters. The number of carbonyl (C=O) groups excluding carboxylic acids is 1. The van der Waals surface area contributed by atoms with Gasteiger partial charge in [-0.1, -0.05) is 30.3 Å². The van der Waals surface area contributed by atoms with Crippen LogP contribution in [0.5, 0.6) is 0 Å². The van der Waals surface area contributed by atoms with Crippen molar-refractivity contribution in [1.82, 2.24) is 4.98 Å². The van der Waals surface area contributed by atoms with Gasteiger partial charge in [-0.25, -0.2) is 18.6 Å². The van der Waals surface area contributed by atoms with Crippen LogP contribution in [0, 0.1) is 11.6 Å². The van der Waals surface area contributed by atoms with Crippen molar-refractivity contribution < 1.29 is 22.6 Å². The lowest BCUT2D eigenvalue weighted by Crippen LogP contribution is -2.44. The van der Waals surface area contributed by atoms with Gasteiger partial charge in [-0.05, 0) is 35.9 Å². The van der Waals surface area contributed by atoms with Gasteiger partial charge in [0.2, 0.25) is 6.04 Å². The van der Waals surface area contributed by atoms with Crippen molar-refractivity contribution in [2.75, 3.05) is 5.32 Å². The Morgan fingerprint density at radius 3 is 2.71 bits per heavy atom. The minimum atomic E-state index is -0.546. The number of nitrogens with zero attached hydrogens (tertiary/aromatic N) is 2. The van der Waals surface area contributed by atoms with Crippen molar-refractivity contribution in [1.29, 1.82) is 0 Å². The number of nitrogens with one attached hydrogen (secondary N) is 1. The molecule has 0 aliphatic carbocycles. The Hall–Kier alpha value is -3.87. The largest absolute Gasteiger partial charge is 0.469 e. The van der Waals surface area contributed by atoms with E-state index >= 15 is 0 Å². The minimum Gasteiger partial charge on any atom is -0.469 e. The van der Waals surface area contributed by atoms with Crippen LogP contribution in [0.4, 0.5) is 14.6 Å². The Labute approximate surface area is 177 Å². The molecule has 2 aromatic heterocycles. The minimum absolute atomic E-state index is 0.179. The molecule has 5 nitrogen and oxygen atoms in total. The summed E-state index contributed by atoms with van der Waals surface area (Å²) in [7, 11) is 0. The van der Waals surface area contributed by atoms with Crippen LogP contribution in [0.1, 0.15) is 21.8 Å². The molecule has 1 aliphatic rings. The Bertz CT molecular complexity index is 1270. The topological polar surface area (TPSA) is 59.0 Å². The first-order valence-electron chi connectivity index (χ1n) is 9.86. The molecule has 5 rings (SSSR count). The summed E-state index contributed by atoms with van der Waals surface area (Å²) in [4.78, 5) is 17.8. The molecule has 0 amide bonds. The Kier molecular flexibility index (Phi) is 4.78. The average Bonchev–Trinajstić information content (AvgIpc) is 3.39. The fourth-order valence-corrected chi connectivity index (χ4v) is 3.77. The first-order valence-corrected chi connectivity index (χ1v) is 9.86. The zero-order chi connectivity index (χ0) is 21.4. The lowest BCUT2D eigenvalue weighted by atomic mass is 10.1. The number of fused-ring (bicyclic) bond motifs is 1. The molecule has 0 saturated heterocycles. The maximum atomic E-state index is 14.3. The maximum absolute atomic E-state index is 14.3. The zero-order valence-corrected chi connectivity index (χ0v) is 16.4. The number of benzene rings is 2. The molecule has 2 aromatic carbocycles. The summed E-state index contributed by atoms with van der Waals surface area (Å²) in [5.74, 6) is 0.246. The molecule has 1 aliphatic heterocycles. The van der Waals surface area contributed by atoms with Gasteiger partial charge < -0.3 is 4.42 Å². The highest BCUT2D eigenvalue weighted by Gasteiger charge is 2.41. The van der Waals surface area contributed by atoms with E-state index in [0.717, 1.165) is 0 Å². The highest BCUT2D eigenvalue weighted by molar-refractivity contribution is 5.82. The second-order valence-corrected chi connectivity index (χ2v) is 7.39. The predicted octanol–water partition coefficient (Wildman–Crippen LogP) is 4.18. The van der Waals surface area contributed by atoms with E-state index < -0.39 is 11.9 Å². The number of rotatable bonds is 5. The van der Waals surface area contributed by atoms with E-state index in [1.54, 1.807) is 54.9 Å². The number of anilines is 1. The second kappa shape index (κ2) is 7.75. The summed E-state index contributed by atoms with van der Waals surface area (Å²) in [6.45, 7) is 0. The highest BCUT2D eigenvalue weighted by Crippen LogP contribution is 2.26. The molecule has 154 valence electrons. The van der Waals surface area contributed by atoms with Crippen molar-refractivity contribution in [2.24, 2.45) is 0 Å². The van der Waals surface area contributed by atoms with Gasteiger partial charge in [-0.2, -0.15) is 4.57 Å². The number of aromatic nitrogens is 2. The maximum Gasteiger partial charge on any atom is 0.359 e. The SMILES string of the molecule is O=C1C(Cc2ccco2)Nc2c(Cc3ccccc3F)nc(-c3cccc(F)c3)c[n+]21. The fraction of sp³-hybridized carbons (Fsp3) is 0.125. The summed E-state index contributed by atoms with van der Waals surface area (Å²) < 4.78 is 35.0. The van der Waals surface area contributed by atoms with E-state index in [-0.39, 0.29) is 18.1 Å². The van der Waals surface area contributed by atoms with Gasteiger partial charge in [0.15, 0.2) is 0 Å². The fourth-order valence-electron chi connectivity index (χ4n) is 3.77. The van der Waals surface area contributed by atoms with Crippen LogP contribution in [-0.4, -0.2) is 16.9 Å². The first kappa shape index (κ1) is 19.1. The highest BCUT2D eigenvalue weighted by atomic mass is 19.1. The predicted molar refractivity (Wildman–Crippen MR) is 109 cm³/mol. The average molecular weight is 418 g/mol. The third-order valence-corrected chi connectivity index (χ3v) is 5.29. The van der Waals surface area contributed by atoms with Gasteiger partial charge in [-0.3, -0.25) is 5.32 Å². The van der Waals surface area contributed by atoms with Crippen molar-refractivity contribution in [3.63, 3.8) is 0 Å². The summed E-state index contributed by atoms with van der Waals surface area (Å²) in [5.41, 5.74) is 1.93. The molecule has 3 heterocycles. The van der Waals surface area contributed by atoms with Crippen LogP contribution in [0.25, 0.3) is 11.3 Å². The van der Waals surface area contributed by atoms with Crippen molar-refractivity contribution in [3.05, 3.63) is 102 Å². The van der Waals surface area contributed by atoms with Crippen molar-refractivity contribution in [3.8, 4) is 11.3 Å². The molecule has 0 fully saturated rings. The number of furan rings is 1. The van der Waals surface area contributed by atoms with E-state index in [9.17, 15) is 13.6 Å². The molecule has 0 spiro atoms. The number of halogens is 2. The van der Waals surface area contributed by atoms with Crippen LogP contribution in [-0.2, 0) is 12.8 Å². The lowest BCUT2D eigenvalue weighted by molar-refractivity contribution is -0.552. The molecule has 31 heavy (non-hydrogen) atoms. The van der Waals surface area contributed by atoms with Gasteiger partial charge in [-0.15, -0.1) is 0 Å². The van der Waals surface area contributed by atoms with Gasteiger partial charge in [0, 0.05) is 12.0 Å². The third-order valence-electron chi connectivity index (χ3n) is 5.29. The number of hydrogen-bond acceptors (Lipinski definition) is 4. The van der Waals surface area contributed by atoms with Crippen LogP contribution >= 0.6 is 0 Å². The Balaban J connectivity index is 1.59. The normalized spacial score (nSPS) is 15.0. The Morgan fingerprint density at radius 1 is 1.06 bits per heavy atom. The summed E-state index contributed by atoms with van der Waals surface area (Å²) in [6.07, 6.45) is 3.69. The van der Waals surface area contributed by atoms with E-state index in [1.807, 2.05) is 0 Å². The van der Waals surface area contributed by atoms with Gasteiger partial charge in [0.1, 0.15) is 35.0 Å². The molecule has 4 aromatic rings. The molecule has 1 atom stereocenters. The first-order chi connectivity index (χ1) is 15.1. The van der Waals surface area contributed by atoms with Gasteiger partial charge in [0.05, 0.1) is 12.7 Å². The van der Waals surface area contributed by atoms with E-state index in [1.165, 1.54) is 22.8 Å². The third kappa shape index (κ3) is 3.70. The van der Waals surface area contributed by atoms with Crippen molar-refractivity contribution >= 4 is 11.7 Å². The standard InChI is InChI=1S/C24H17F2N3O2/c25-17-7-3-6-16(11-17)22-14-29-23(20(27-22)12-15-5-1-2-9-19(15)26)28-21(24(29)30)13-18-8-4-10-31-18/h1-11,14,21H,12-13H2/p+1. The molecule has 0 radical (unpaired) electrons. The van der Waals surface area contributed by atoms with E-state index in [4.69, 9.17) is 4.42 Å². The monoisotopic (exact) mass is 418 g/mol. The van der Waals surface area contributed by atoms with Crippen LogP contribution in [0.3, 0.4) is 0 Å². The van der Waals surface area contributed by atoms with Crippen LogP contribution in [0.15, 0.2) is 77.5 Å². The van der Waals surface area contributed by atoms with Gasteiger partial charge in [0.25, 0.3) is 0 Å². The molecule has 0 saturated carbocycles. The molecular weight excluding hydrogens is 400 g/mol. The van der Waals surface area contributed by atoms with E-state index in [0.29, 0.717) is 40.5 Å². The van der Waals surface area contributed by atoms with Crippen molar-refractivity contribution in [2.45, 2.75) is 18.9 Å². The lowest BCUT2D eigenvalue weighted by Gasteiger charge is -2.08. The summed E-state index contributed by atoms with van der Waals surface area (Å²) in [6, 6.07) is 15.5. The molecule has 0 bridgehead atoms. The zero-order valence-electron chi connectivity index (χ0n) is 16.4. The van der Waals surface area contributed by atoms with Crippen LogP contribution in [0.2, 0.25) is 0 Å². The number of carbonyl (C=O) groups is 1.